The number of nitrogen functional groups attached to an aromatic ring is 3. The third-order valence-corrected chi connectivity index (χ3v) is 6.86. The second-order valence-corrected chi connectivity index (χ2v) is 10.8. The molecule has 54 heavy (non-hydrogen) atoms. The van der Waals surface area contributed by atoms with Crippen LogP contribution in [0.1, 0.15) is 25.0 Å². The standard InChI is InChI=1S/C23H21FN4O4.C16H17N3O3/c1-2-31-21(29)12-11-19-20(13-14-26-22(19)25)32-18-9-7-17(8-10-18)28-23(30)27-16-5-3-15(24)4-6-16;1-2-21-15(20)8-7-13-14(9-10-19-16(13)18)22-12-5-3-11(17)4-6-12/h3-14H,2H2,1H3,(H2,25,26)(H2,27,28,30);3-10H,2,17H2,1H3,(H2,18,19)/b12-11+;8-7+. The fraction of sp³-hybridized carbons (Fsp3) is 0.103. The second-order valence-electron chi connectivity index (χ2n) is 10.8. The predicted molar refractivity (Wildman–Crippen MR) is 205 cm³/mol. The maximum atomic E-state index is 12.9. The number of pyridine rings is 2. The Hall–Kier alpha value is -7.42. The first-order chi connectivity index (χ1) is 26.0. The Bertz CT molecular complexity index is 2090. The molecule has 14 nitrogen and oxygen atoms in total. The number of urea groups is 1. The van der Waals surface area contributed by atoms with Crippen molar-refractivity contribution in [1.82, 2.24) is 9.97 Å². The van der Waals surface area contributed by atoms with Crippen LogP contribution in [0.3, 0.4) is 0 Å². The lowest BCUT2D eigenvalue weighted by molar-refractivity contribution is -0.138. The third-order valence-electron chi connectivity index (χ3n) is 6.86. The van der Waals surface area contributed by atoms with E-state index >= 15 is 0 Å². The minimum absolute atomic E-state index is 0.193. The lowest BCUT2D eigenvalue weighted by atomic mass is 10.2. The van der Waals surface area contributed by atoms with E-state index in [1.807, 2.05) is 0 Å². The molecule has 8 N–H and O–H groups in total. The number of ether oxygens (including phenoxy) is 4. The van der Waals surface area contributed by atoms with Crippen LogP contribution >= 0.6 is 0 Å². The van der Waals surface area contributed by atoms with E-state index < -0.39 is 18.0 Å². The van der Waals surface area contributed by atoms with Crippen molar-refractivity contribution in [3.8, 4) is 23.0 Å². The monoisotopic (exact) mass is 735 g/mol. The van der Waals surface area contributed by atoms with Crippen LogP contribution in [-0.2, 0) is 19.1 Å². The number of rotatable bonds is 12. The molecule has 0 aliphatic rings. The third kappa shape index (κ3) is 12.4. The molecule has 2 amide bonds. The Morgan fingerprint density at radius 2 is 1.04 bits per heavy atom. The number of esters is 2. The van der Waals surface area contributed by atoms with Gasteiger partial charge in [-0.3, -0.25) is 0 Å². The fourth-order valence-corrected chi connectivity index (χ4v) is 4.36. The molecule has 0 saturated carbocycles. The molecule has 3 aromatic carbocycles. The summed E-state index contributed by atoms with van der Waals surface area (Å²) in [6.45, 7) is 4.02. The highest BCUT2D eigenvalue weighted by Gasteiger charge is 2.11. The lowest BCUT2D eigenvalue weighted by Crippen LogP contribution is -2.19. The lowest BCUT2D eigenvalue weighted by Gasteiger charge is -2.11. The maximum absolute atomic E-state index is 12.9. The first-order valence-corrected chi connectivity index (χ1v) is 16.4. The summed E-state index contributed by atoms with van der Waals surface area (Å²) in [7, 11) is 0. The van der Waals surface area contributed by atoms with E-state index in [2.05, 4.69) is 20.6 Å². The second kappa shape index (κ2) is 19.8. The summed E-state index contributed by atoms with van der Waals surface area (Å²) in [5.41, 5.74) is 20.0. The van der Waals surface area contributed by atoms with Gasteiger partial charge in [0.2, 0.25) is 0 Å². The van der Waals surface area contributed by atoms with E-state index in [-0.39, 0.29) is 24.1 Å². The fourth-order valence-electron chi connectivity index (χ4n) is 4.36. The molecule has 0 bridgehead atoms. The molecule has 0 radical (unpaired) electrons. The zero-order valence-electron chi connectivity index (χ0n) is 29.3. The molecule has 0 fully saturated rings. The van der Waals surface area contributed by atoms with Crippen LogP contribution in [0.25, 0.3) is 12.2 Å². The van der Waals surface area contributed by atoms with E-state index in [0.717, 1.165) is 0 Å². The van der Waals surface area contributed by atoms with Crippen LogP contribution in [0.4, 0.5) is 37.9 Å². The van der Waals surface area contributed by atoms with E-state index in [4.69, 9.17) is 36.1 Å². The number of carbonyl (C=O) groups is 3. The van der Waals surface area contributed by atoms with E-state index in [0.29, 0.717) is 57.8 Å². The minimum Gasteiger partial charge on any atom is -0.463 e. The van der Waals surface area contributed by atoms with Gasteiger partial charge in [0.1, 0.15) is 40.5 Å². The summed E-state index contributed by atoms with van der Waals surface area (Å²) < 4.78 is 34.3. The summed E-state index contributed by atoms with van der Waals surface area (Å²) >= 11 is 0. The number of aromatic nitrogens is 2. The molecule has 278 valence electrons. The number of amides is 2. The number of halogens is 1. The number of anilines is 5. The highest BCUT2D eigenvalue weighted by molar-refractivity contribution is 5.99. The molecule has 2 aromatic heterocycles. The number of benzene rings is 3. The Kier molecular flexibility index (Phi) is 14.5. The molecule has 0 unspecified atom stereocenters. The summed E-state index contributed by atoms with van der Waals surface area (Å²) in [5.74, 6) is 1.07. The Labute approximate surface area is 310 Å². The van der Waals surface area contributed by atoms with Gasteiger partial charge in [-0.05, 0) is 111 Å². The van der Waals surface area contributed by atoms with Crippen LogP contribution in [0.5, 0.6) is 23.0 Å². The Balaban J connectivity index is 0.000000258. The Morgan fingerprint density at radius 3 is 1.46 bits per heavy atom. The predicted octanol–water partition coefficient (Wildman–Crippen LogP) is 7.43. The first kappa shape index (κ1) is 39.4. The SMILES string of the molecule is CCOC(=O)/C=C/c1c(Oc2ccc(N)cc2)ccnc1N.CCOC(=O)/C=C/c1c(Oc2ccc(NC(=O)Nc3ccc(F)cc3)cc2)ccnc1N. The van der Waals surface area contributed by atoms with Gasteiger partial charge in [0, 0.05) is 41.6 Å². The molecule has 2 heterocycles. The number of carbonyl (C=O) groups excluding carboxylic acids is 3. The molecule has 0 spiro atoms. The molecular weight excluding hydrogens is 697 g/mol. The van der Waals surface area contributed by atoms with Gasteiger partial charge in [0.15, 0.2) is 0 Å². The number of hydrogen-bond donors (Lipinski definition) is 5. The van der Waals surface area contributed by atoms with E-state index in [1.54, 1.807) is 74.5 Å². The quantitative estimate of drug-likeness (QED) is 0.0480. The normalized spacial score (nSPS) is 10.6. The minimum atomic E-state index is -0.504. The van der Waals surface area contributed by atoms with E-state index in [1.165, 1.54) is 61.0 Å². The molecule has 5 rings (SSSR count). The molecule has 0 aliphatic carbocycles. The van der Waals surface area contributed by atoms with Crippen molar-refractivity contribution in [2.75, 3.05) is 41.0 Å². The number of hydrogen-bond acceptors (Lipinski definition) is 12. The van der Waals surface area contributed by atoms with Crippen molar-refractivity contribution in [2.45, 2.75) is 13.8 Å². The largest absolute Gasteiger partial charge is 0.463 e. The van der Waals surface area contributed by atoms with Crippen molar-refractivity contribution in [3.63, 3.8) is 0 Å². The molecule has 15 heteroatoms. The zero-order chi connectivity index (χ0) is 38.9. The number of nitrogens with two attached hydrogens (primary N) is 3. The van der Waals surface area contributed by atoms with Crippen molar-refractivity contribution >= 4 is 58.8 Å². The average Bonchev–Trinajstić information content (AvgIpc) is 3.14. The molecule has 0 saturated heterocycles. The van der Waals surface area contributed by atoms with Gasteiger partial charge in [-0.1, -0.05) is 0 Å². The van der Waals surface area contributed by atoms with Gasteiger partial charge in [-0.2, -0.15) is 0 Å². The smallest absolute Gasteiger partial charge is 0.330 e. The van der Waals surface area contributed by atoms with Crippen molar-refractivity contribution in [3.05, 3.63) is 126 Å². The summed E-state index contributed by atoms with van der Waals surface area (Å²) in [4.78, 5) is 43.1. The topological polar surface area (TPSA) is 216 Å². The van der Waals surface area contributed by atoms with Crippen molar-refractivity contribution in [1.29, 1.82) is 0 Å². The van der Waals surface area contributed by atoms with Crippen LogP contribution in [-0.4, -0.2) is 41.2 Å². The van der Waals surface area contributed by atoms with Gasteiger partial charge in [0.25, 0.3) is 0 Å². The molecule has 0 atom stereocenters. The van der Waals surface area contributed by atoms with Crippen LogP contribution in [0.15, 0.2) is 109 Å². The average molecular weight is 736 g/mol. The van der Waals surface area contributed by atoms with Crippen LogP contribution < -0.4 is 37.3 Å². The summed E-state index contributed by atoms with van der Waals surface area (Å²) in [6.07, 6.45) is 8.55. The van der Waals surface area contributed by atoms with Gasteiger partial charge in [-0.15, -0.1) is 0 Å². The zero-order valence-corrected chi connectivity index (χ0v) is 29.3. The van der Waals surface area contributed by atoms with Crippen molar-refractivity contribution in [2.24, 2.45) is 0 Å². The molecule has 5 aromatic rings. The van der Waals surface area contributed by atoms with E-state index in [9.17, 15) is 18.8 Å². The van der Waals surface area contributed by atoms with Gasteiger partial charge < -0.3 is 46.8 Å². The van der Waals surface area contributed by atoms with Crippen LogP contribution in [0, 0.1) is 5.82 Å². The molecular formula is C39H38FN7O7. The number of nitrogens with zero attached hydrogens (tertiary/aromatic N) is 2. The van der Waals surface area contributed by atoms with Crippen LogP contribution in [0.2, 0.25) is 0 Å². The first-order valence-electron chi connectivity index (χ1n) is 16.4. The molecule has 0 aliphatic heterocycles. The van der Waals surface area contributed by atoms with Gasteiger partial charge >= 0.3 is 18.0 Å². The highest BCUT2D eigenvalue weighted by Crippen LogP contribution is 2.31. The maximum Gasteiger partial charge on any atom is 0.330 e. The Morgan fingerprint density at radius 1 is 0.630 bits per heavy atom. The van der Waals surface area contributed by atoms with Gasteiger partial charge in [0.05, 0.1) is 24.3 Å². The highest BCUT2D eigenvalue weighted by atomic mass is 19.1. The number of nitrogens with one attached hydrogen (secondary N) is 2. The summed E-state index contributed by atoms with van der Waals surface area (Å²) in [6, 6.07) is 21.8. The van der Waals surface area contributed by atoms with Crippen molar-refractivity contribution < 1.29 is 37.7 Å². The summed E-state index contributed by atoms with van der Waals surface area (Å²) in [5, 5.41) is 5.27. The van der Waals surface area contributed by atoms with Gasteiger partial charge in [-0.25, -0.2) is 28.7 Å².